The largest absolute Gasteiger partial charge is 0.344 e. The number of urea groups is 1. The van der Waals surface area contributed by atoms with Crippen LogP contribution in [0.4, 0.5) is 4.79 Å². The van der Waals surface area contributed by atoms with Gasteiger partial charge in [-0.25, -0.2) is 13.3 Å². The molecule has 0 heterocycles. The fourth-order valence-electron chi connectivity index (χ4n) is 1.92. The van der Waals surface area contributed by atoms with Gasteiger partial charge in [0.15, 0.2) is 0 Å². The minimum atomic E-state index is -1.10. The molecule has 24 heavy (non-hydrogen) atoms. The Morgan fingerprint density at radius 1 is 1.21 bits per heavy atom. The first-order chi connectivity index (χ1) is 11.0. The maximum absolute atomic E-state index is 12.1. The Hall–Kier alpha value is -1.15. The van der Waals surface area contributed by atoms with E-state index in [1.807, 2.05) is 20.8 Å². The Morgan fingerprint density at radius 3 is 2.25 bits per heavy atom. The predicted molar refractivity (Wildman–Crippen MR) is 99.0 cm³/mol. The molecule has 0 bridgehead atoms. The molecule has 0 radical (unpaired) electrons. The van der Waals surface area contributed by atoms with Crippen molar-refractivity contribution in [1.29, 1.82) is 0 Å². The summed E-state index contributed by atoms with van der Waals surface area (Å²) in [6, 6.07) is -0.582. The summed E-state index contributed by atoms with van der Waals surface area (Å²) < 4.78 is 13.2. The summed E-state index contributed by atoms with van der Waals surface area (Å²) in [4.78, 5) is 25.7. The molecule has 7 nitrogen and oxygen atoms in total. The molecule has 0 aromatic heterocycles. The summed E-state index contributed by atoms with van der Waals surface area (Å²) in [6.07, 6.45) is 3.57. The molecule has 0 saturated carbocycles. The first-order valence-corrected chi connectivity index (χ1v) is 9.83. The maximum atomic E-state index is 12.1. The Bertz CT molecular complexity index is 438. The van der Waals surface area contributed by atoms with E-state index in [2.05, 4.69) is 17.6 Å². The van der Waals surface area contributed by atoms with Gasteiger partial charge in [-0.1, -0.05) is 34.1 Å². The third-order valence-electron chi connectivity index (χ3n) is 3.90. The smallest absolute Gasteiger partial charge is 0.315 e. The third-order valence-corrected chi connectivity index (χ3v) is 4.93. The lowest BCUT2D eigenvalue weighted by Gasteiger charge is -2.33. The zero-order valence-corrected chi connectivity index (χ0v) is 17.0. The van der Waals surface area contributed by atoms with Crippen molar-refractivity contribution in [3.63, 3.8) is 0 Å². The lowest BCUT2D eigenvalue weighted by Crippen LogP contribution is -2.54. The third kappa shape index (κ3) is 9.22. The minimum absolute atomic E-state index is 0.0293. The molecule has 142 valence electrons. The molecule has 8 heteroatoms. The van der Waals surface area contributed by atoms with Gasteiger partial charge >= 0.3 is 6.03 Å². The van der Waals surface area contributed by atoms with E-state index in [0.717, 1.165) is 12.8 Å². The van der Waals surface area contributed by atoms with Gasteiger partial charge in [-0.2, -0.15) is 0 Å². The van der Waals surface area contributed by atoms with Gasteiger partial charge in [0.2, 0.25) is 5.91 Å². The summed E-state index contributed by atoms with van der Waals surface area (Å²) in [7, 11) is 2.39. The average Bonchev–Trinajstić information content (AvgIpc) is 2.48. The molecule has 3 amide bonds. The van der Waals surface area contributed by atoms with E-state index in [4.69, 9.17) is 0 Å². The van der Waals surface area contributed by atoms with Crippen LogP contribution in [0.25, 0.3) is 0 Å². The molecule has 0 aliphatic heterocycles. The van der Waals surface area contributed by atoms with Crippen LogP contribution in [0.5, 0.6) is 0 Å². The fraction of sp³-hybridized carbons (Fsp3) is 0.875. The van der Waals surface area contributed by atoms with Crippen LogP contribution in [-0.4, -0.2) is 71.4 Å². The zero-order valence-electron chi connectivity index (χ0n) is 16.1. The minimum Gasteiger partial charge on any atom is -0.344 e. The summed E-state index contributed by atoms with van der Waals surface area (Å²) in [5.74, 6) is -0.113. The molecule has 0 aromatic carbocycles. The number of likely N-dealkylation sites (N-methyl/N-ethyl adjacent to an activating group) is 2. The van der Waals surface area contributed by atoms with Gasteiger partial charge in [0.1, 0.15) is 0 Å². The number of hydrogen-bond donors (Lipinski definition) is 2. The molecule has 0 spiro atoms. The van der Waals surface area contributed by atoms with Crippen molar-refractivity contribution < 1.29 is 13.8 Å². The predicted octanol–water partition coefficient (Wildman–Crippen LogP) is 1.18. The molecular formula is C16H34N4O3S. The standard InChI is InChI=1S/C16H34N4O3S/c1-8-9-10-19(5)14(21)11-17-15(22)18-13(16(2,3)4)12-20(6)24(7)23/h13H,8-12H2,1-7H3,(H2,17,18,22). The van der Waals surface area contributed by atoms with Crippen molar-refractivity contribution in [1.82, 2.24) is 19.8 Å². The molecule has 0 aliphatic carbocycles. The number of nitrogens with zero attached hydrogens (tertiary/aromatic N) is 2. The van der Waals surface area contributed by atoms with Crippen LogP contribution in [0, 0.1) is 5.41 Å². The van der Waals surface area contributed by atoms with Gasteiger partial charge in [0, 0.05) is 32.4 Å². The zero-order chi connectivity index (χ0) is 18.9. The topological polar surface area (TPSA) is 81.8 Å². The van der Waals surface area contributed by atoms with Crippen LogP contribution in [0.2, 0.25) is 0 Å². The quantitative estimate of drug-likeness (QED) is 0.646. The second kappa shape index (κ2) is 10.7. The van der Waals surface area contributed by atoms with Gasteiger partial charge < -0.3 is 15.5 Å². The first kappa shape index (κ1) is 22.9. The first-order valence-electron chi connectivity index (χ1n) is 8.32. The summed E-state index contributed by atoms with van der Waals surface area (Å²) in [6.45, 7) is 9.21. The van der Waals surface area contributed by atoms with E-state index in [1.165, 1.54) is 0 Å². The van der Waals surface area contributed by atoms with Gasteiger partial charge in [-0.05, 0) is 18.9 Å². The van der Waals surface area contributed by atoms with Gasteiger partial charge in [-0.3, -0.25) is 4.79 Å². The Labute approximate surface area is 149 Å². The maximum Gasteiger partial charge on any atom is 0.315 e. The molecule has 0 fully saturated rings. The molecule has 0 aromatic rings. The van der Waals surface area contributed by atoms with E-state index in [0.29, 0.717) is 13.1 Å². The number of unbranched alkanes of at least 4 members (excludes halogenated alkanes) is 1. The monoisotopic (exact) mass is 362 g/mol. The normalized spacial score (nSPS) is 14.2. The van der Waals surface area contributed by atoms with E-state index in [1.54, 1.807) is 29.6 Å². The molecule has 2 unspecified atom stereocenters. The highest BCUT2D eigenvalue weighted by molar-refractivity contribution is 7.81. The second-order valence-corrected chi connectivity index (χ2v) is 8.62. The summed E-state index contributed by atoms with van der Waals surface area (Å²) in [5.41, 5.74) is -0.201. The number of amides is 3. The van der Waals surface area contributed by atoms with E-state index in [9.17, 15) is 13.8 Å². The lowest BCUT2D eigenvalue weighted by atomic mass is 9.87. The Balaban J connectivity index is 4.52. The highest BCUT2D eigenvalue weighted by Crippen LogP contribution is 2.20. The molecule has 0 saturated heterocycles. The van der Waals surface area contributed by atoms with Crippen molar-refractivity contribution in [3.05, 3.63) is 0 Å². The summed E-state index contributed by atoms with van der Waals surface area (Å²) in [5, 5.41) is 5.49. The van der Waals surface area contributed by atoms with Crippen molar-refractivity contribution in [2.45, 2.75) is 46.6 Å². The number of carbonyl (C=O) groups is 2. The van der Waals surface area contributed by atoms with Crippen LogP contribution >= 0.6 is 0 Å². The van der Waals surface area contributed by atoms with E-state index < -0.39 is 11.0 Å². The number of rotatable bonds is 9. The van der Waals surface area contributed by atoms with Crippen molar-refractivity contribution in [3.8, 4) is 0 Å². The van der Waals surface area contributed by atoms with Gasteiger partial charge in [0.25, 0.3) is 0 Å². The van der Waals surface area contributed by atoms with Crippen molar-refractivity contribution in [2.75, 3.05) is 40.0 Å². The number of nitrogens with one attached hydrogen (secondary N) is 2. The van der Waals surface area contributed by atoms with Crippen LogP contribution in [0.15, 0.2) is 0 Å². The van der Waals surface area contributed by atoms with Crippen LogP contribution in [-0.2, 0) is 15.8 Å². The van der Waals surface area contributed by atoms with Crippen LogP contribution in [0.1, 0.15) is 40.5 Å². The van der Waals surface area contributed by atoms with E-state index in [-0.39, 0.29) is 29.9 Å². The van der Waals surface area contributed by atoms with Crippen molar-refractivity contribution in [2.24, 2.45) is 5.41 Å². The highest BCUT2D eigenvalue weighted by Gasteiger charge is 2.28. The molecule has 0 rings (SSSR count). The molecular weight excluding hydrogens is 328 g/mol. The highest BCUT2D eigenvalue weighted by atomic mass is 32.2. The Kier molecular flexibility index (Phi) is 10.1. The van der Waals surface area contributed by atoms with Crippen molar-refractivity contribution >= 4 is 22.9 Å². The van der Waals surface area contributed by atoms with Gasteiger partial charge in [-0.15, -0.1) is 0 Å². The van der Waals surface area contributed by atoms with Gasteiger partial charge in [0.05, 0.1) is 17.5 Å². The Morgan fingerprint density at radius 2 is 1.79 bits per heavy atom. The van der Waals surface area contributed by atoms with Crippen LogP contribution < -0.4 is 10.6 Å². The number of hydrogen-bond acceptors (Lipinski definition) is 3. The molecule has 2 atom stereocenters. The molecule has 0 aliphatic rings. The summed E-state index contributed by atoms with van der Waals surface area (Å²) >= 11 is 0. The molecule has 2 N–H and O–H groups in total. The second-order valence-electron chi connectivity index (χ2n) is 7.15. The lowest BCUT2D eigenvalue weighted by molar-refractivity contribution is -0.128. The average molecular weight is 363 g/mol. The SMILES string of the molecule is CCCCN(C)C(=O)CNC(=O)NC(CN(C)S(C)=O)C(C)(C)C. The van der Waals surface area contributed by atoms with Crippen LogP contribution in [0.3, 0.4) is 0 Å². The van der Waals surface area contributed by atoms with E-state index >= 15 is 0 Å². The number of carbonyl (C=O) groups excluding carboxylic acids is 2. The fourth-order valence-corrected chi connectivity index (χ4v) is 2.28.